The fourth-order valence-corrected chi connectivity index (χ4v) is 3.58. The molecule has 0 saturated heterocycles. The van der Waals surface area contributed by atoms with E-state index < -0.39 is 17.7 Å². The van der Waals surface area contributed by atoms with E-state index in [1.807, 2.05) is 19.0 Å². The second kappa shape index (κ2) is 6.08. The van der Waals surface area contributed by atoms with Crippen LogP contribution in [0.3, 0.4) is 0 Å². The van der Waals surface area contributed by atoms with Gasteiger partial charge in [-0.1, -0.05) is 12.8 Å². The number of hydrogen-bond donors (Lipinski definition) is 1. The molecule has 1 unspecified atom stereocenters. The third-order valence-corrected chi connectivity index (χ3v) is 5.13. The third-order valence-electron chi connectivity index (χ3n) is 4.52. The molecule has 0 amide bonds. The Bertz CT molecular complexity index is 487. The van der Waals surface area contributed by atoms with Crippen molar-refractivity contribution in [1.82, 2.24) is 4.90 Å². The zero-order chi connectivity index (χ0) is 14.9. The number of nitrogens with zero attached hydrogens (tertiary/aromatic N) is 1. The quantitative estimate of drug-likeness (QED) is 0.842. The summed E-state index contributed by atoms with van der Waals surface area (Å²) in [4.78, 5) is 2.00. The van der Waals surface area contributed by atoms with Crippen molar-refractivity contribution in [2.45, 2.75) is 43.7 Å². The van der Waals surface area contributed by atoms with Crippen molar-refractivity contribution in [3.63, 3.8) is 0 Å². The van der Waals surface area contributed by atoms with Crippen LogP contribution in [0, 0.1) is 11.6 Å². The van der Waals surface area contributed by atoms with E-state index in [1.165, 1.54) is 12.1 Å². The number of likely N-dealkylation sites (N-methyl/N-ethyl adjacent to an activating group) is 1. The number of halogens is 3. The molecule has 1 N–H and O–H groups in total. The molecule has 0 heterocycles. The number of aliphatic hydroxyl groups excluding tert-OH is 1. The van der Waals surface area contributed by atoms with Gasteiger partial charge in [0.05, 0.1) is 10.6 Å². The molecule has 20 heavy (non-hydrogen) atoms. The predicted molar refractivity (Wildman–Crippen MR) is 78.7 cm³/mol. The van der Waals surface area contributed by atoms with Crippen LogP contribution in [0.15, 0.2) is 16.6 Å². The largest absolute Gasteiger partial charge is 0.391 e. The molecule has 0 aliphatic heterocycles. The van der Waals surface area contributed by atoms with Crippen LogP contribution in [0.5, 0.6) is 0 Å². The van der Waals surface area contributed by atoms with Crippen LogP contribution in [0.1, 0.15) is 31.2 Å². The fraction of sp³-hybridized carbons (Fsp3) is 0.600. The molecule has 0 aromatic heterocycles. The van der Waals surface area contributed by atoms with Gasteiger partial charge in [-0.15, -0.1) is 0 Å². The molecule has 1 atom stereocenters. The topological polar surface area (TPSA) is 23.5 Å². The van der Waals surface area contributed by atoms with Gasteiger partial charge in [0.1, 0.15) is 11.6 Å². The van der Waals surface area contributed by atoms with Crippen LogP contribution in [-0.4, -0.2) is 35.7 Å². The summed E-state index contributed by atoms with van der Waals surface area (Å²) in [5, 5.41) is 10.6. The highest BCUT2D eigenvalue weighted by atomic mass is 79.9. The standard InChI is InChI=1S/C15H20BrF2NO/c1-19(2)15(7-3-4-8-15)13(20)9-10-12(17)6-5-11(16)14(10)18/h5-6,13,20H,3-4,7-9H2,1-2H3. The van der Waals surface area contributed by atoms with Gasteiger partial charge in [0.15, 0.2) is 0 Å². The van der Waals surface area contributed by atoms with Gasteiger partial charge in [-0.3, -0.25) is 0 Å². The van der Waals surface area contributed by atoms with Gasteiger partial charge in [0.2, 0.25) is 0 Å². The Balaban J connectivity index is 2.27. The van der Waals surface area contributed by atoms with Gasteiger partial charge in [-0.05, 0) is 55.0 Å². The Hall–Kier alpha value is -0.520. The van der Waals surface area contributed by atoms with Gasteiger partial charge >= 0.3 is 0 Å². The Labute approximate surface area is 126 Å². The Kier molecular flexibility index (Phi) is 4.82. The normalized spacial score (nSPS) is 19.6. The van der Waals surface area contributed by atoms with E-state index in [9.17, 15) is 13.9 Å². The van der Waals surface area contributed by atoms with Crippen LogP contribution < -0.4 is 0 Å². The van der Waals surface area contributed by atoms with Crippen molar-refractivity contribution in [2.75, 3.05) is 14.1 Å². The summed E-state index contributed by atoms with van der Waals surface area (Å²) in [6.07, 6.45) is 3.02. The molecular weight excluding hydrogens is 328 g/mol. The Morgan fingerprint density at radius 3 is 2.45 bits per heavy atom. The molecule has 2 nitrogen and oxygen atoms in total. The summed E-state index contributed by atoms with van der Waals surface area (Å²) in [7, 11) is 3.84. The van der Waals surface area contributed by atoms with Gasteiger partial charge in [0.25, 0.3) is 0 Å². The molecule has 1 aromatic rings. The Morgan fingerprint density at radius 1 is 1.30 bits per heavy atom. The first kappa shape index (κ1) is 15.9. The van der Waals surface area contributed by atoms with Crippen molar-refractivity contribution >= 4 is 15.9 Å². The molecule has 112 valence electrons. The van der Waals surface area contributed by atoms with Crippen LogP contribution in [0.25, 0.3) is 0 Å². The summed E-state index contributed by atoms with van der Waals surface area (Å²) in [5.74, 6) is -1.22. The average Bonchev–Trinajstić information content (AvgIpc) is 2.90. The maximum Gasteiger partial charge on any atom is 0.143 e. The zero-order valence-corrected chi connectivity index (χ0v) is 13.4. The fourth-order valence-electron chi connectivity index (χ4n) is 3.21. The summed E-state index contributed by atoms with van der Waals surface area (Å²) in [6, 6.07) is 2.57. The van der Waals surface area contributed by atoms with Gasteiger partial charge in [0, 0.05) is 17.5 Å². The van der Waals surface area contributed by atoms with Crippen LogP contribution in [-0.2, 0) is 6.42 Å². The second-order valence-electron chi connectivity index (χ2n) is 5.75. The average molecular weight is 348 g/mol. The summed E-state index contributed by atoms with van der Waals surface area (Å²) < 4.78 is 28.1. The summed E-state index contributed by atoms with van der Waals surface area (Å²) in [6.45, 7) is 0. The minimum Gasteiger partial charge on any atom is -0.391 e. The van der Waals surface area contributed by atoms with E-state index in [1.54, 1.807) is 0 Å². The third kappa shape index (κ3) is 2.76. The lowest BCUT2D eigenvalue weighted by molar-refractivity contribution is -0.00340. The lowest BCUT2D eigenvalue weighted by Crippen LogP contribution is -2.52. The zero-order valence-electron chi connectivity index (χ0n) is 11.8. The van der Waals surface area contributed by atoms with E-state index >= 15 is 0 Å². The van der Waals surface area contributed by atoms with Crippen LogP contribution in [0.2, 0.25) is 0 Å². The van der Waals surface area contributed by atoms with E-state index in [0.29, 0.717) is 0 Å². The lowest BCUT2D eigenvalue weighted by atomic mass is 9.85. The minimum atomic E-state index is -0.779. The highest BCUT2D eigenvalue weighted by molar-refractivity contribution is 9.10. The summed E-state index contributed by atoms with van der Waals surface area (Å²) >= 11 is 3.06. The van der Waals surface area contributed by atoms with E-state index in [4.69, 9.17) is 0 Å². The maximum atomic E-state index is 14.0. The smallest absolute Gasteiger partial charge is 0.143 e. The van der Waals surface area contributed by atoms with E-state index in [0.717, 1.165) is 25.7 Å². The molecule has 0 radical (unpaired) electrons. The Morgan fingerprint density at radius 2 is 1.90 bits per heavy atom. The van der Waals surface area contributed by atoms with Gasteiger partial charge in [-0.25, -0.2) is 8.78 Å². The minimum absolute atomic E-state index is 0.00468. The molecule has 5 heteroatoms. The maximum absolute atomic E-state index is 14.0. The van der Waals surface area contributed by atoms with Gasteiger partial charge in [-0.2, -0.15) is 0 Å². The molecule has 0 spiro atoms. The monoisotopic (exact) mass is 347 g/mol. The van der Waals surface area contributed by atoms with Crippen molar-refractivity contribution in [1.29, 1.82) is 0 Å². The number of benzene rings is 1. The number of rotatable bonds is 4. The van der Waals surface area contributed by atoms with Crippen molar-refractivity contribution in [3.8, 4) is 0 Å². The van der Waals surface area contributed by atoms with Crippen LogP contribution in [0.4, 0.5) is 8.78 Å². The van der Waals surface area contributed by atoms with Crippen molar-refractivity contribution in [2.24, 2.45) is 0 Å². The highest BCUT2D eigenvalue weighted by Gasteiger charge is 2.42. The molecule has 0 bridgehead atoms. The molecule has 1 aromatic carbocycles. The highest BCUT2D eigenvalue weighted by Crippen LogP contribution is 2.38. The molecule has 1 saturated carbocycles. The van der Waals surface area contributed by atoms with E-state index in [-0.39, 0.29) is 22.0 Å². The van der Waals surface area contributed by atoms with Gasteiger partial charge < -0.3 is 10.0 Å². The van der Waals surface area contributed by atoms with Crippen molar-refractivity contribution in [3.05, 3.63) is 33.8 Å². The number of aliphatic hydroxyl groups is 1. The first-order valence-corrected chi connectivity index (χ1v) is 7.65. The molecule has 1 aliphatic carbocycles. The second-order valence-corrected chi connectivity index (χ2v) is 6.60. The van der Waals surface area contributed by atoms with Crippen molar-refractivity contribution < 1.29 is 13.9 Å². The molecule has 1 aliphatic rings. The lowest BCUT2D eigenvalue weighted by Gasteiger charge is -2.40. The molecule has 2 rings (SSSR count). The first-order chi connectivity index (χ1) is 9.38. The summed E-state index contributed by atoms with van der Waals surface area (Å²) in [5.41, 5.74) is -0.415. The van der Waals surface area contributed by atoms with Crippen LogP contribution >= 0.6 is 15.9 Å². The first-order valence-electron chi connectivity index (χ1n) is 6.86. The molecule has 1 fully saturated rings. The van der Waals surface area contributed by atoms with E-state index in [2.05, 4.69) is 15.9 Å². The predicted octanol–water partition coefficient (Wildman–Crippen LogP) is 3.51. The molecular formula is C15H20BrF2NO. The number of hydrogen-bond acceptors (Lipinski definition) is 2. The SMILES string of the molecule is CN(C)C1(C(O)Cc2c(F)ccc(Br)c2F)CCCC1.